The minimum Gasteiger partial charge on any atom is -0.349 e. The zero-order valence-corrected chi connectivity index (χ0v) is 19.3. The molecule has 1 N–H and O–H groups in total. The zero-order valence-electron chi connectivity index (χ0n) is 19.3. The molecule has 33 heavy (non-hydrogen) atoms. The number of alkyl halides is 3. The Kier molecular flexibility index (Phi) is 7.94. The monoisotopic (exact) mass is 464 g/mol. The lowest BCUT2D eigenvalue weighted by Crippen LogP contribution is -2.35. The minimum atomic E-state index is -4.49. The molecule has 0 unspecified atom stereocenters. The molecule has 1 aromatic carbocycles. The summed E-state index contributed by atoms with van der Waals surface area (Å²) < 4.78 is 40.4. The first kappa shape index (κ1) is 25.0. The third-order valence-electron chi connectivity index (χ3n) is 6.21. The second-order valence-electron chi connectivity index (χ2n) is 8.82. The van der Waals surface area contributed by atoms with Crippen molar-refractivity contribution in [1.29, 1.82) is 0 Å². The normalized spacial score (nSPS) is 15.6. The highest BCUT2D eigenvalue weighted by Crippen LogP contribution is 2.31. The van der Waals surface area contributed by atoms with E-state index in [0.29, 0.717) is 17.9 Å². The van der Waals surface area contributed by atoms with E-state index in [9.17, 15) is 22.8 Å². The number of rotatable bonds is 8. The molecule has 1 fully saturated rings. The molecule has 1 aromatic heterocycles. The fraction of sp³-hybridized carbons (Fsp3) is 0.542. The third-order valence-corrected chi connectivity index (χ3v) is 6.21. The van der Waals surface area contributed by atoms with Gasteiger partial charge in [0.1, 0.15) is 0 Å². The summed E-state index contributed by atoms with van der Waals surface area (Å²) in [4.78, 5) is 27.6. The number of amides is 1. The molecule has 3 rings (SSSR count). The summed E-state index contributed by atoms with van der Waals surface area (Å²) in [5.41, 5.74) is 0.109. The molecule has 2 heterocycles. The van der Waals surface area contributed by atoms with Crippen LogP contribution < -0.4 is 5.32 Å². The summed E-state index contributed by atoms with van der Waals surface area (Å²) in [6.45, 7) is 9.02. The van der Waals surface area contributed by atoms with Crippen LogP contribution in [0.4, 0.5) is 13.2 Å². The highest BCUT2D eigenvalue weighted by Gasteiger charge is 2.31. The third kappa shape index (κ3) is 6.22. The van der Waals surface area contributed by atoms with Crippen molar-refractivity contribution in [3.63, 3.8) is 0 Å². The Bertz CT molecular complexity index is 992. The Morgan fingerprint density at radius 3 is 2.52 bits per heavy atom. The van der Waals surface area contributed by atoms with Crippen molar-refractivity contribution in [2.45, 2.75) is 52.6 Å². The SMILES string of the molecule is Cc1nn(-c2cccc(C(F)(F)F)c2)c(C)c1C(=O)C(=O)NCCCCN1CCC(C)CC1. The molecule has 9 heteroatoms. The fourth-order valence-corrected chi connectivity index (χ4v) is 4.18. The lowest BCUT2D eigenvalue weighted by atomic mass is 9.99. The van der Waals surface area contributed by atoms with Gasteiger partial charge in [0.2, 0.25) is 0 Å². The lowest BCUT2D eigenvalue weighted by molar-refractivity contribution is -0.137. The summed E-state index contributed by atoms with van der Waals surface area (Å²) in [6.07, 6.45) is -0.339. The van der Waals surface area contributed by atoms with E-state index in [2.05, 4.69) is 22.2 Å². The molecule has 1 aliphatic rings. The zero-order chi connectivity index (χ0) is 24.2. The Hall–Kier alpha value is -2.68. The first-order valence-electron chi connectivity index (χ1n) is 11.4. The molecule has 6 nitrogen and oxygen atoms in total. The van der Waals surface area contributed by atoms with E-state index in [1.54, 1.807) is 13.8 Å². The molecule has 0 aliphatic carbocycles. The van der Waals surface area contributed by atoms with Crippen molar-refractivity contribution in [3.8, 4) is 5.69 Å². The van der Waals surface area contributed by atoms with Crippen molar-refractivity contribution in [3.05, 3.63) is 46.8 Å². The topological polar surface area (TPSA) is 67.2 Å². The molecule has 180 valence electrons. The van der Waals surface area contributed by atoms with Crippen LogP contribution in [0.2, 0.25) is 0 Å². The Morgan fingerprint density at radius 2 is 1.85 bits per heavy atom. The smallest absolute Gasteiger partial charge is 0.349 e. The van der Waals surface area contributed by atoms with Gasteiger partial charge in [-0.25, -0.2) is 4.68 Å². The number of nitrogens with zero attached hydrogens (tertiary/aromatic N) is 3. The molecular weight excluding hydrogens is 433 g/mol. The van der Waals surface area contributed by atoms with Gasteiger partial charge in [0.05, 0.1) is 28.2 Å². The van der Waals surface area contributed by atoms with E-state index in [1.165, 1.54) is 29.7 Å². The maximum Gasteiger partial charge on any atom is 0.416 e. The highest BCUT2D eigenvalue weighted by atomic mass is 19.4. The predicted molar refractivity (Wildman–Crippen MR) is 119 cm³/mol. The molecule has 0 bridgehead atoms. The number of benzene rings is 1. The number of aryl methyl sites for hydroxylation is 1. The molecule has 0 spiro atoms. The van der Waals surface area contributed by atoms with E-state index >= 15 is 0 Å². The minimum absolute atomic E-state index is 0.118. The van der Waals surface area contributed by atoms with Crippen molar-refractivity contribution in [1.82, 2.24) is 20.0 Å². The van der Waals surface area contributed by atoms with Crippen LogP contribution in [0.5, 0.6) is 0 Å². The summed E-state index contributed by atoms with van der Waals surface area (Å²) >= 11 is 0. The van der Waals surface area contributed by atoms with Gasteiger partial charge in [-0.05, 0) is 83.3 Å². The molecule has 1 amide bonds. The van der Waals surface area contributed by atoms with Crippen molar-refractivity contribution < 1.29 is 22.8 Å². The van der Waals surface area contributed by atoms with Gasteiger partial charge in [-0.1, -0.05) is 13.0 Å². The summed E-state index contributed by atoms with van der Waals surface area (Å²) in [5, 5.41) is 6.88. The number of likely N-dealkylation sites (tertiary alicyclic amines) is 1. The van der Waals surface area contributed by atoms with Crippen LogP contribution >= 0.6 is 0 Å². The van der Waals surface area contributed by atoms with Gasteiger partial charge in [0, 0.05) is 6.54 Å². The second kappa shape index (κ2) is 10.5. The largest absolute Gasteiger partial charge is 0.416 e. The summed E-state index contributed by atoms with van der Waals surface area (Å²) in [5.74, 6) is -0.666. The average Bonchev–Trinajstić information content (AvgIpc) is 3.07. The number of halogens is 3. The van der Waals surface area contributed by atoms with Gasteiger partial charge in [0.25, 0.3) is 11.7 Å². The number of ketones is 1. The standard InChI is InChI=1S/C24H31F3N4O2/c1-16-9-13-30(14-10-16)12-5-4-11-28-23(33)22(32)21-17(2)29-31(18(21)3)20-8-6-7-19(15-20)24(25,26)27/h6-8,15-16H,4-5,9-14H2,1-3H3,(H,28,33). The molecule has 0 saturated carbocycles. The van der Waals surface area contributed by atoms with Crippen LogP contribution in [-0.4, -0.2) is 52.5 Å². The Labute approximate surface area is 192 Å². The van der Waals surface area contributed by atoms with Crippen LogP contribution in [-0.2, 0) is 11.0 Å². The van der Waals surface area contributed by atoms with Crippen LogP contribution in [0.25, 0.3) is 5.69 Å². The molecule has 2 aromatic rings. The number of carbonyl (C=O) groups is 2. The van der Waals surface area contributed by atoms with Gasteiger partial charge in [-0.15, -0.1) is 0 Å². The molecule has 1 saturated heterocycles. The first-order valence-corrected chi connectivity index (χ1v) is 11.4. The quantitative estimate of drug-likeness (QED) is 0.359. The predicted octanol–water partition coefficient (Wildman–Crippen LogP) is 4.32. The number of hydrogen-bond donors (Lipinski definition) is 1. The van der Waals surface area contributed by atoms with E-state index in [0.717, 1.165) is 50.5 Å². The maximum atomic E-state index is 13.1. The van der Waals surface area contributed by atoms with E-state index in [1.807, 2.05) is 0 Å². The van der Waals surface area contributed by atoms with Gasteiger partial charge in [0.15, 0.2) is 0 Å². The Balaban J connectivity index is 1.58. The fourth-order valence-electron chi connectivity index (χ4n) is 4.18. The summed E-state index contributed by atoms with van der Waals surface area (Å²) in [7, 11) is 0. The van der Waals surface area contributed by atoms with Gasteiger partial charge >= 0.3 is 6.18 Å². The maximum absolute atomic E-state index is 13.1. The highest BCUT2D eigenvalue weighted by molar-refractivity contribution is 6.43. The molecule has 1 aliphatic heterocycles. The molecule has 0 radical (unpaired) electrons. The van der Waals surface area contributed by atoms with Gasteiger partial charge in [-0.2, -0.15) is 18.3 Å². The van der Waals surface area contributed by atoms with Crippen LogP contribution in [0, 0.1) is 19.8 Å². The number of carbonyl (C=O) groups excluding carboxylic acids is 2. The number of Topliss-reactive ketones (excluding diaryl/α,β-unsaturated/α-hetero) is 1. The lowest BCUT2D eigenvalue weighted by Gasteiger charge is -2.30. The number of hydrogen-bond acceptors (Lipinski definition) is 4. The van der Waals surface area contributed by atoms with E-state index in [4.69, 9.17) is 0 Å². The molecule has 0 atom stereocenters. The second-order valence-corrected chi connectivity index (χ2v) is 8.82. The van der Waals surface area contributed by atoms with Gasteiger partial charge in [-0.3, -0.25) is 9.59 Å². The van der Waals surface area contributed by atoms with E-state index < -0.39 is 23.4 Å². The van der Waals surface area contributed by atoms with Crippen molar-refractivity contribution in [2.75, 3.05) is 26.2 Å². The van der Waals surface area contributed by atoms with Gasteiger partial charge < -0.3 is 10.2 Å². The van der Waals surface area contributed by atoms with Crippen LogP contribution in [0.15, 0.2) is 24.3 Å². The number of nitrogens with one attached hydrogen (secondary N) is 1. The number of piperidine rings is 1. The first-order chi connectivity index (χ1) is 15.6. The number of unbranched alkanes of at least 4 members (excludes halogenated alkanes) is 1. The average molecular weight is 465 g/mol. The number of aromatic nitrogens is 2. The van der Waals surface area contributed by atoms with E-state index in [-0.39, 0.29) is 11.3 Å². The van der Waals surface area contributed by atoms with Crippen LogP contribution in [0.3, 0.4) is 0 Å². The summed E-state index contributed by atoms with van der Waals surface area (Å²) in [6, 6.07) is 4.70. The van der Waals surface area contributed by atoms with Crippen molar-refractivity contribution >= 4 is 11.7 Å². The van der Waals surface area contributed by atoms with Crippen molar-refractivity contribution in [2.24, 2.45) is 5.92 Å². The Morgan fingerprint density at radius 1 is 1.15 bits per heavy atom. The molecular formula is C24H31F3N4O2. The van der Waals surface area contributed by atoms with Crippen LogP contribution in [0.1, 0.15) is 59.9 Å².